The number of hydrogen-bond donors (Lipinski definition) is 1. The molecule has 1 amide bonds. The first kappa shape index (κ1) is 13.6. The second kappa shape index (κ2) is 5.02. The molecule has 0 radical (unpaired) electrons. The fourth-order valence-corrected chi connectivity index (χ4v) is 2.69. The Labute approximate surface area is 116 Å². The van der Waals surface area contributed by atoms with Crippen LogP contribution >= 0.6 is 15.9 Å². The van der Waals surface area contributed by atoms with Crippen LogP contribution in [0.3, 0.4) is 0 Å². The Balaban J connectivity index is 2.25. The summed E-state index contributed by atoms with van der Waals surface area (Å²) in [4.78, 5) is 14.4. The molecule has 4 heteroatoms. The zero-order valence-corrected chi connectivity index (χ0v) is 12.4. The van der Waals surface area contributed by atoms with E-state index in [1.165, 1.54) is 0 Å². The maximum absolute atomic E-state index is 12.5. The number of nitrogens with zero attached hydrogens (tertiary/aromatic N) is 1. The number of amides is 1. The van der Waals surface area contributed by atoms with Crippen molar-refractivity contribution >= 4 is 21.8 Å². The molecule has 1 aliphatic heterocycles. The first-order valence-corrected chi connectivity index (χ1v) is 7.05. The number of carbonyl (C=O) groups is 1. The fourth-order valence-electron chi connectivity index (χ4n) is 2.42. The summed E-state index contributed by atoms with van der Waals surface area (Å²) in [5.41, 5.74) is 6.59. The van der Waals surface area contributed by atoms with Crippen molar-refractivity contribution in [1.29, 1.82) is 0 Å². The molecule has 1 heterocycles. The van der Waals surface area contributed by atoms with Gasteiger partial charge in [0.15, 0.2) is 0 Å². The Morgan fingerprint density at radius 3 is 2.61 bits per heavy atom. The molecule has 98 valence electrons. The molecule has 1 aromatic rings. The lowest BCUT2D eigenvalue weighted by Gasteiger charge is -2.46. The summed E-state index contributed by atoms with van der Waals surface area (Å²) in [5, 5.41) is 0. The molecule has 1 atom stereocenters. The van der Waals surface area contributed by atoms with Gasteiger partial charge in [0, 0.05) is 22.6 Å². The quantitative estimate of drug-likeness (QED) is 0.867. The van der Waals surface area contributed by atoms with Crippen LogP contribution in [0.1, 0.15) is 37.0 Å². The predicted octanol–water partition coefficient (Wildman–Crippen LogP) is 2.79. The maximum atomic E-state index is 12.5. The monoisotopic (exact) mass is 310 g/mol. The minimum absolute atomic E-state index is 0.0469. The van der Waals surface area contributed by atoms with Crippen molar-refractivity contribution in [2.45, 2.75) is 38.3 Å². The SMILES string of the molecule is CC1(C)C(N)CCCN1C(=O)c1ccc(Br)cc1. The highest BCUT2D eigenvalue weighted by Gasteiger charge is 2.39. The Morgan fingerprint density at radius 2 is 2.00 bits per heavy atom. The van der Waals surface area contributed by atoms with E-state index in [0.717, 1.165) is 29.4 Å². The topological polar surface area (TPSA) is 46.3 Å². The van der Waals surface area contributed by atoms with Crippen LogP contribution in [-0.2, 0) is 0 Å². The van der Waals surface area contributed by atoms with Crippen LogP contribution < -0.4 is 5.73 Å². The molecule has 1 unspecified atom stereocenters. The molecule has 1 aliphatic rings. The van der Waals surface area contributed by atoms with Gasteiger partial charge in [0.1, 0.15) is 0 Å². The minimum Gasteiger partial charge on any atom is -0.332 e. The number of hydrogen-bond acceptors (Lipinski definition) is 2. The average Bonchev–Trinajstić information content (AvgIpc) is 2.33. The highest BCUT2D eigenvalue weighted by molar-refractivity contribution is 9.10. The molecule has 0 aliphatic carbocycles. The number of rotatable bonds is 1. The molecule has 0 aromatic heterocycles. The number of nitrogens with two attached hydrogens (primary N) is 1. The predicted molar refractivity (Wildman–Crippen MR) is 76.5 cm³/mol. The van der Waals surface area contributed by atoms with E-state index in [-0.39, 0.29) is 17.5 Å². The number of carbonyl (C=O) groups excluding carboxylic acids is 1. The normalized spacial score (nSPS) is 22.9. The van der Waals surface area contributed by atoms with Gasteiger partial charge in [-0.05, 0) is 51.0 Å². The maximum Gasteiger partial charge on any atom is 0.254 e. The van der Waals surface area contributed by atoms with Gasteiger partial charge in [-0.15, -0.1) is 0 Å². The highest BCUT2D eigenvalue weighted by Crippen LogP contribution is 2.28. The summed E-state index contributed by atoms with van der Waals surface area (Å²) >= 11 is 3.38. The third-order valence-corrected chi connectivity index (χ3v) is 4.36. The molecule has 1 saturated heterocycles. The largest absolute Gasteiger partial charge is 0.332 e. The lowest BCUT2D eigenvalue weighted by atomic mass is 9.85. The van der Waals surface area contributed by atoms with Crippen molar-refractivity contribution in [3.8, 4) is 0 Å². The van der Waals surface area contributed by atoms with E-state index in [4.69, 9.17) is 5.73 Å². The van der Waals surface area contributed by atoms with Gasteiger partial charge in [0.25, 0.3) is 5.91 Å². The van der Waals surface area contributed by atoms with Crippen molar-refractivity contribution in [2.75, 3.05) is 6.54 Å². The number of likely N-dealkylation sites (tertiary alicyclic amines) is 1. The van der Waals surface area contributed by atoms with Crippen molar-refractivity contribution < 1.29 is 4.79 Å². The number of piperidine rings is 1. The van der Waals surface area contributed by atoms with Gasteiger partial charge in [0.2, 0.25) is 0 Å². The number of halogens is 1. The first-order chi connectivity index (χ1) is 8.43. The molecule has 3 nitrogen and oxygen atoms in total. The van der Waals surface area contributed by atoms with E-state index in [9.17, 15) is 4.79 Å². The fraction of sp³-hybridized carbons (Fsp3) is 0.500. The third kappa shape index (κ3) is 2.45. The van der Waals surface area contributed by atoms with Crippen molar-refractivity contribution in [1.82, 2.24) is 4.90 Å². The van der Waals surface area contributed by atoms with Gasteiger partial charge >= 0.3 is 0 Å². The van der Waals surface area contributed by atoms with E-state index in [1.807, 2.05) is 43.0 Å². The summed E-state index contributed by atoms with van der Waals surface area (Å²) in [7, 11) is 0. The van der Waals surface area contributed by atoms with Crippen LogP contribution in [0, 0.1) is 0 Å². The van der Waals surface area contributed by atoms with Crippen LogP contribution in [0.5, 0.6) is 0 Å². The van der Waals surface area contributed by atoms with Crippen molar-refractivity contribution in [3.05, 3.63) is 34.3 Å². The summed E-state index contributed by atoms with van der Waals surface area (Å²) in [5.74, 6) is 0.0719. The highest BCUT2D eigenvalue weighted by atomic mass is 79.9. The van der Waals surface area contributed by atoms with Gasteiger partial charge in [-0.1, -0.05) is 15.9 Å². The molecule has 1 aromatic carbocycles. The van der Waals surface area contributed by atoms with Gasteiger partial charge < -0.3 is 10.6 Å². The summed E-state index contributed by atoms with van der Waals surface area (Å²) < 4.78 is 0.980. The molecule has 0 saturated carbocycles. The standard InChI is InChI=1S/C14H19BrN2O/c1-14(2)12(16)4-3-9-17(14)13(18)10-5-7-11(15)8-6-10/h5-8,12H,3-4,9,16H2,1-2H3. The molecular weight excluding hydrogens is 292 g/mol. The van der Waals surface area contributed by atoms with E-state index >= 15 is 0 Å². The van der Waals surface area contributed by atoms with E-state index in [2.05, 4.69) is 15.9 Å². The second-order valence-corrected chi connectivity index (χ2v) is 6.28. The summed E-state index contributed by atoms with van der Waals surface area (Å²) in [6.07, 6.45) is 1.96. The zero-order valence-electron chi connectivity index (χ0n) is 10.8. The minimum atomic E-state index is -0.275. The molecule has 18 heavy (non-hydrogen) atoms. The summed E-state index contributed by atoms with van der Waals surface area (Å²) in [6, 6.07) is 7.53. The lowest BCUT2D eigenvalue weighted by Crippen LogP contribution is -2.61. The molecule has 1 fully saturated rings. The summed E-state index contributed by atoms with van der Waals surface area (Å²) in [6.45, 7) is 4.89. The van der Waals surface area contributed by atoms with Crippen LogP contribution in [0.15, 0.2) is 28.7 Å². The molecule has 2 N–H and O–H groups in total. The van der Waals surface area contributed by atoms with Crippen LogP contribution in [0.4, 0.5) is 0 Å². The van der Waals surface area contributed by atoms with E-state index in [0.29, 0.717) is 0 Å². The van der Waals surface area contributed by atoms with E-state index in [1.54, 1.807) is 0 Å². The van der Waals surface area contributed by atoms with Crippen LogP contribution in [-0.4, -0.2) is 28.9 Å². The number of benzene rings is 1. The Morgan fingerprint density at radius 1 is 1.39 bits per heavy atom. The lowest BCUT2D eigenvalue weighted by molar-refractivity contribution is 0.0362. The van der Waals surface area contributed by atoms with Gasteiger partial charge in [-0.25, -0.2) is 0 Å². The van der Waals surface area contributed by atoms with Crippen LogP contribution in [0.2, 0.25) is 0 Å². The molecule has 0 bridgehead atoms. The molecular formula is C14H19BrN2O. The van der Waals surface area contributed by atoms with E-state index < -0.39 is 0 Å². The zero-order chi connectivity index (χ0) is 13.3. The van der Waals surface area contributed by atoms with Gasteiger partial charge in [0.05, 0.1) is 5.54 Å². The molecule has 0 spiro atoms. The Bertz CT molecular complexity index is 442. The average molecular weight is 311 g/mol. The van der Waals surface area contributed by atoms with Crippen molar-refractivity contribution in [3.63, 3.8) is 0 Å². The first-order valence-electron chi connectivity index (χ1n) is 6.26. The molecule has 2 rings (SSSR count). The van der Waals surface area contributed by atoms with Gasteiger partial charge in [-0.3, -0.25) is 4.79 Å². The van der Waals surface area contributed by atoms with Crippen LogP contribution in [0.25, 0.3) is 0 Å². The van der Waals surface area contributed by atoms with Crippen molar-refractivity contribution in [2.24, 2.45) is 5.73 Å². The second-order valence-electron chi connectivity index (χ2n) is 5.37. The third-order valence-electron chi connectivity index (χ3n) is 3.84. The Kier molecular flexibility index (Phi) is 3.78. The van der Waals surface area contributed by atoms with Gasteiger partial charge in [-0.2, -0.15) is 0 Å². The smallest absolute Gasteiger partial charge is 0.254 e. The Hall–Kier alpha value is -0.870.